The SMILES string of the molecule is Cl.Cl.O=C(O)C=C(C(=O)O)c1ccccc1. The molecular weight excluding hydrogens is 255 g/mol. The monoisotopic (exact) mass is 264 g/mol. The summed E-state index contributed by atoms with van der Waals surface area (Å²) in [6.45, 7) is 0. The van der Waals surface area contributed by atoms with Gasteiger partial charge >= 0.3 is 11.9 Å². The van der Waals surface area contributed by atoms with E-state index in [0.717, 1.165) is 0 Å². The molecule has 0 bridgehead atoms. The van der Waals surface area contributed by atoms with Crippen LogP contribution >= 0.6 is 24.8 Å². The van der Waals surface area contributed by atoms with E-state index in [9.17, 15) is 9.59 Å². The lowest BCUT2D eigenvalue weighted by atomic mass is 10.1. The molecule has 0 spiro atoms. The predicted octanol–water partition coefficient (Wildman–Crippen LogP) is 2.08. The molecule has 0 saturated carbocycles. The fraction of sp³-hybridized carbons (Fsp3) is 0. The minimum Gasteiger partial charge on any atom is -0.478 e. The fourth-order valence-electron chi connectivity index (χ4n) is 1.01. The van der Waals surface area contributed by atoms with Gasteiger partial charge in [-0.25, -0.2) is 9.59 Å². The van der Waals surface area contributed by atoms with Gasteiger partial charge in [0.05, 0.1) is 5.57 Å². The Labute approximate surface area is 104 Å². The predicted molar refractivity (Wildman–Crippen MR) is 64.2 cm³/mol. The highest BCUT2D eigenvalue weighted by Gasteiger charge is 2.11. The van der Waals surface area contributed by atoms with Crippen LogP contribution in [0.1, 0.15) is 5.56 Å². The van der Waals surface area contributed by atoms with Crippen LogP contribution in [0.4, 0.5) is 0 Å². The van der Waals surface area contributed by atoms with E-state index in [1.165, 1.54) is 0 Å². The van der Waals surface area contributed by atoms with Gasteiger partial charge in [0.1, 0.15) is 0 Å². The Bertz CT molecular complexity index is 387. The zero-order valence-electron chi connectivity index (χ0n) is 7.99. The second-order valence-corrected chi connectivity index (χ2v) is 2.57. The van der Waals surface area contributed by atoms with Crippen LogP contribution in [0.15, 0.2) is 36.4 Å². The Kier molecular flexibility index (Phi) is 8.16. The van der Waals surface area contributed by atoms with E-state index < -0.39 is 11.9 Å². The molecule has 0 fully saturated rings. The van der Waals surface area contributed by atoms with E-state index in [4.69, 9.17) is 10.2 Å². The molecule has 16 heavy (non-hydrogen) atoms. The van der Waals surface area contributed by atoms with Crippen LogP contribution in [0.5, 0.6) is 0 Å². The molecule has 4 nitrogen and oxygen atoms in total. The van der Waals surface area contributed by atoms with Crippen LogP contribution in [-0.4, -0.2) is 22.2 Å². The number of hydrogen-bond acceptors (Lipinski definition) is 2. The van der Waals surface area contributed by atoms with Gasteiger partial charge in [-0.3, -0.25) is 0 Å². The standard InChI is InChI=1S/C10H8O4.2ClH/c11-9(12)6-8(10(13)14)7-4-2-1-3-5-7;;/h1-6H,(H,11,12)(H,13,14);2*1H. The fourth-order valence-corrected chi connectivity index (χ4v) is 1.01. The van der Waals surface area contributed by atoms with Gasteiger partial charge in [0, 0.05) is 6.08 Å². The Balaban J connectivity index is 0. The molecule has 0 heterocycles. The first-order chi connectivity index (χ1) is 6.61. The molecule has 88 valence electrons. The van der Waals surface area contributed by atoms with E-state index in [2.05, 4.69) is 0 Å². The quantitative estimate of drug-likeness (QED) is 0.820. The van der Waals surface area contributed by atoms with Crippen molar-refractivity contribution in [3.05, 3.63) is 42.0 Å². The first-order valence-electron chi connectivity index (χ1n) is 3.84. The van der Waals surface area contributed by atoms with Crippen molar-refractivity contribution in [1.29, 1.82) is 0 Å². The average molecular weight is 265 g/mol. The number of carboxylic acid groups (broad SMARTS) is 2. The smallest absolute Gasteiger partial charge is 0.336 e. The van der Waals surface area contributed by atoms with Crippen molar-refractivity contribution < 1.29 is 19.8 Å². The van der Waals surface area contributed by atoms with Crippen LogP contribution < -0.4 is 0 Å². The maximum Gasteiger partial charge on any atom is 0.336 e. The summed E-state index contributed by atoms with van der Waals surface area (Å²) in [5, 5.41) is 17.2. The number of hydrogen-bond donors (Lipinski definition) is 2. The molecule has 0 saturated heterocycles. The Morgan fingerprint density at radius 1 is 1.00 bits per heavy atom. The van der Waals surface area contributed by atoms with Gasteiger partial charge in [0.15, 0.2) is 0 Å². The van der Waals surface area contributed by atoms with Crippen molar-refractivity contribution in [3.8, 4) is 0 Å². The molecular formula is C10H10Cl2O4. The molecule has 0 aliphatic carbocycles. The Morgan fingerprint density at radius 3 is 1.88 bits per heavy atom. The number of aliphatic carboxylic acids is 2. The van der Waals surface area contributed by atoms with Crippen LogP contribution in [0.2, 0.25) is 0 Å². The summed E-state index contributed by atoms with van der Waals surface area (Å²) >= 11 is 0. The minimum atomic E-state index is -1.27. The second kappa shape index (κ2) is 7.73. The van der Waals surface area contributed by atoms with Gasteiger partial charge in [0.25, 0.3) is 0 Å². The molecule has 0 aliphatic heterocycles. The molecule has 2 N–H and O–H groups in total. The zero-order chi connectivity index (χ0) is 10.6. The second-order valence-electron chi connectivity index (χ2n) is 2.57. The molecule has 0 unspecified atom stereocenters. The number of benzene rings is 1. The van der Waals surface area contributed by atoms with Crippen molar-refractivity contribution >= 4 is 42.3 Å². The first-order valence-corrected chi connectivity index (χ1v) is 3.84. The van der Waals surface area contributed by atoms with Crippen molar-refractivity contribution in [2.75, 3.05) is 0 Å². The van der Waals surface area contributed by atoms with Crippen LogP contribution in [-0.2, 0) is 9.59 Å². The lowest BCUT2D eigenvalue weighted by Gasteiger charge is -1.99. The summed E-state index contributed by atoms with van der Waals surface area (Å²) in [6, 6.07) is 8.11. The van der Waals surface area contributed by atoms with E-state index >= 15 is 0 Å². The van der Waals surface area contributed by atoms with E-state index in [0.29, 0.717) is 11.6 Å². The number of halogens is 2. The largest absolute Gasteiger partial charge is 0.478 e. The molecule has 6 heteroatoms. The lowest BCUT2D eigenvalue weighted by Crippen LogP contribution is -2.02. The molecule has 1 aromatic carbocycles. The van der Waals surface area contributed by atoms with Gasteiger partial charge < -0.3 is 10.2 Å². The van der Waals surface area contributed by atoms with Crippen molar-refractivity contribution in [2.45, 2.75) is 0 Å². The Morgan fingerprint density at radius 2 is 1.50 bits per heavy atom. The third-order valence-electron chi connectivity index (χ3n) is 1.58. The molecule has 0 aliphatic rings. The topological polar surface area (TPSA) is 74.6 Å². The Hall–Kier alpha value is -1.52. The van der Waals surface area contributed by atoms with Crippen molar-refractivity contribution in [3.63, 3.8) is 0 Å². The highest BCUT2D eigenvalue weighted by Crippen LogP contribution is 2.13. The third kappa shape index (κ3) is 4.82. The van der Waals surface area contributed by atoms with Crippen LogP contribution in [0.25, 0.3) is 5.57 Å². The van der Waals surface area contributed by atoms with Gasteiger partial charge in [-0.05, 0) is 5.56 Å². The zero-order valence-corrected chi connectivity index (χ0v) is 9.62. The van der Waals surface area contributed by atoms with Gasteiger partial charge in [-0.15, -0.1) is 24.8 Å². The molecule has 0 atom stereocenters. The third-order valence-corrected chi connectivity index (χ3v) is 1.58. The number of rotatable bonds is 3. The maximum absolute atomic E-state index is 10.7. The normalized spacial score (nSPS) is 9.62. The number of carboxylic acids is 2. The highest BCUT2D eigenvalue weighted by molar-refractivity contribution is 6.19. The summed E-state index contributed by atoms with van der Waals surface area (Å²) < 4.78 is 0. The van der Waals surface area contributed by atoms with Crippen molar-refractivity contribution in [1.82, 2.24) is 0 Å². The molecule has 0 amide bonds. The van der Waals surface area contributed by atoms with Crippen LogP contribution in [0, 0.1) is 0 Å². The van der Waals surface area contributed by atoms with E-state index in [1.54, 1.807) is 30.3 Å². The lowest BCUT2D eigenvalue weighted by molar-refractivity contribution is -0.133. The maximum atomic E-state index is 10.7. The highest BCUT2D eigenvalue weighted by atomic mass is 35.5. The molecule has 0 aromatic heterocycles. The van der Waals surface area contributed by atoms with Crippen molar-refractivity contribution in [2.24, 2.45) is 0 Å². The molecule has 0 radical (unpaired) electrons. The average Bonchev–Trinajstić information content (AvgIpc) is 2.15. The van der Waals surface area contributed by atoms with Gasteiger partial charge in [-0.1, -0.05) is 30.3 Å². The van der Waals surface area contributed by atoms with E-state index in [-0.39, 0.29) is 30.4 Å². The van der Waals surface area contributed by atoms with Gasteiger partial charge in [0.2, 0.25) is 0 Å². The first kappa shape index (κ1) is 16.9. The molecule has 1 rings (SSSR count). The summed E-state index contributed by atoms with van der Waals surface area (Å²) in [5.41, 5.74) is 0.153. The van der Waals surface area contributed by atoms with Crippen LogP contribution in [0.3, 0.4) is 0 Å². The summed E-state index contributed by atoms with van der Waals surface area (Å²) in [4.78, 5) is 21.1. The minimum absolute atomic E-state index is 0. The summed E-state index contributed by atoms with van der Waals surface area (Å²) in [7, 11) is 0. The van der Waals surface area contributed by atoms with Gasteiger partial charge in [-0.2, -0.15) is 0 Å². The summed E-state index contributed by atoms with van der Waals surface area (Å²) in [5.74, 6) is -2.52. The number of carbonyl (C=O) groups is 2. The summed E-state index contributed by atoms with van der Waals surface area (Å²) in [6.07, 6.45) is 0.678. The van der Waals surface area contributed by atoms with E-state index in [1.807, 2.05) is 0 Å². The molecule has 1 aromatic rings.